The normalized spacial score (nSPS) is 18.2. The van der Waals surface area contributed by atoms with Gasteiger partial charge in [0.1, 0.15) is 6.04 Å². The number of nitrogens with one attached hydrogen (secondary N) is 1. The lowest BCUT2D eigenvalue weighted by Crippen LogP contribution is -2.22. The summed E-state index contributed by atoms with van der Waals surface area (Å²) in [5.41, 5.74) is 0.686. The number of carbonyl (C=O) groups is 1. The summed E-state index contributed by atoms with van der Waals surface area (Å²) in [6.45, 7) is 3.63. The predicted molar refractivity (Wildman–Crippen MR) is 62.2 cm³/mol. The summed E-state index contributed by atoms with van der Waals surface area (Å²) in [4.78, 5) is 23.9. The largest absolute Gasteiger partial charge is 0.461 e. The van der Waals surface area contributed by atoms with Gasteiger partial charge in [-0.25, -0.2) is 4.79 Å². The van der Waals surface area contributed by atoms with Gasteiger partial charge in [-0.2, -0.15) is 4.91 Å². The molecule has 0 radical (unpaired) electrons. The van der Waals surface area contributed by atoms with Gasteiger partial charge in [0.25, 0.3) is 0 Å². The minimum atomic E-state index is -0.376. The number of esters is 1. The third-order valence-electron chi connectivity index (χ3n) is 1.79. The zero-order valence-corrected chi connectivity index (χ0v) is 9.77. The maximum Gasteiger partial charge on any atom is 0.331 e. The first-order chi connectivity index (χ1) is 7.54. The third-order valence-corrected chi connectivity index (χ3v) is 1.79. The minimum absolute atomic E-state index is 0.0910. The fourth-order valence-corrected chi connectivity index (χ4v) is 1.20. The van der Waals surface area contributed by atoms with Crippen LogP contribution >= 0.6 is 0 Å². The first kappa shape index (κ1) is 14.4. The van der Waals surface area contributed by atoms with Crippen LogP contribution in [0.5, 0.6) is 0 Å². The number of hydrogen-bond donors (Lipinski definition) is 1. The second-order valence-electron chi connectivity index (χ2n) is 3.49. The van der Waals surface area contributed by atoms with E-state index in [-0.39, 0.29) is 18.1 Å². The van der Waals surface area contributed by atoms with Gasteiger partial charge in [-0.15, -0.1) is 0 Å². The summed E-state index contributed by atoms with van der Waals surface area (Å²) < 4.78 is 5.01. The van der Waals surface area contributed by atoms with Gasteiger partial charge in [-0.3, -0.25) is 4.99 Å². The summed E-state index contributed by atoms with van der Waals surface area (Å²) in [6, 6.07) is -0.376. The van der Waals surface area contributed by atoms with Gasteiger partial charge < -0.3 is 10.1 Å². The van der Waals surface area contributed by atoms with Crippen molar-refractivity contribution in [3.05, 3.63) is 4.91 Å². The molecule has 1 atom stereocenters. The van der Waals surface area contributed by atoms with Gasteiger partial charge in [0.05, 0.1) is 18.9 Å². The number of aliphatic imine (C=N–C) groups is 1. The average Bonchev–Trinajstić information content (AvgIpc) is 2.66. The van der Waals surface area contributed by atoms with E-state index in [1.165, 1.54) is 13.3 Å². The summed E-state index contributed by atoms with van der Waals surface area (Å²) in [7, 11) is 1.19. The van der Waals surface area contributed by atoms with Crippen LogP contribution in [0.25, 0.3) is 0 Å². The van der Waals surface area contributed by atoms with Crippen molar-refractivity contribution < 1.29 is 9.53 Å². The number of carbonyl (C=O) groups excluding carboxylic acids is 1. The molecule has 0 saturated carbocycles. The molecule has 0 aromatic heterocycles. The maximum atomic E-state index is 11.3. The van der Waals surface area contributed by atoms with Crippen LogP contribution in [-0.2, 0) is 9.53 Å². The average molecular weight is 227 g/mol. The summed E-state index contributed by atoms with van der Waals surface area (Å²) >= 11 is 0. The quantitative estimate of drug-likeness (QED) is 0.450. The molecule has 0 fully saturated rings. The molecule has 16 heavy (non-hydrogen) atoms. The van der Waals surface area contributed by atoms with Gasteiger partial charge in [0, 0.05) is 6.21 Å². The molecule has 0 aliphatic carbocycles. The number of hydrogen-bond acceptors (Lipinski definition) is 6. The van der Waals surface area contributed by atoms with Crippen molar-refractivity contribution >= 4 is 17.9 Å². The highest BCUT2D eigenvalue weighted by atomic mass is 16.5. The summed E-state index contributed by atoms with van der Waals surface area (Å²) in [6.07, 6.45) is 2.49. The van der Waals surface area contributed by atoms with Crippen LogP contribution in [0.2, 0.25) is 0 Å². The van der Waals surface area contributed by atoms with Crippen LogP contribution in [0.4, 0.5) is 0 Å². The fourth-order valence-electron chi connectivity index (χ4n) is 1.20. The standard InChI is InChI=1S/C9H14N2O2.CH3NO/c1-6(2)13-9(12)8-4-3-7(5-10)11-8;1-2-3/h5-6,8,10H,3-4H2,1-2H3;1H3. The van der Waals surface area contributed by atoms with E-state index in [1.54, 1.807) is 0 Å². The Hall–Kier alpha value is -1.59. The molecule has 90 valence electrons. The number of nitroso groups, excluding NO2 is 1. The van der Waals surface area contributed by atoms with Crippen molar-refractivity contribution in [2.24, 2.45) is 10.2 Å². The molecule has 1 aliphatic rings. The Morgan fingerprint density at radius 2 is 2.25 bits per heavy atom. The van der Waals surface area contributed by atoms with E-state index in [9.17, 15) is 4.79 Å². The highest BCUT2D eigenvalue weighted by Crippen LogP contribution is 2.14. The molecule has 6 nitrogen and oxygen atoms in total. The lowest BCUT2D eigenvalue weighted by atomic mass is 10.2. The molecule has 0 bridgehead atoms. The highest BCUT2D eigenvalue weighted by molar-refractivity contribution is 6.30. The Bertz CT molecular complexity index is 287. The van der Waals surface area contributed by atoms with Crippen molar-refractivity contribution in [3.63, 3.8) is 0 Å². The van der Waals surface area contributed by atoms with E-state index in [0.717, 1.165) is 0 Å². The van der Waals surface area contributed by atoms with Crippen molar-refractivity contribution in [1.29, 1.82) is 5.41 Å². The lowest BCUT2D eigenvalue weighted by Gasteiger charge is -2.10. The van der Waals surface area contributed by atoms with Gasteiger partial charge in [-0.1, -0.05) is 5.18 Å². The van der Waals surface area contributed by atoms with Crippen LogP contribution in [0.3, 0.4) is 0 Å². The first-order valence-corrected chi connectivity index (χ1v) is 5.04. The summed E-state index contributed by atoms with van der Waals surface area (Å²) in [5, 5.41) is 9.21. The van der Waals surface area contributed by atoms with Gasteiger partial charge >= 0.3 is 5.97 Å². The number of nitrogens with zero attached hydrogens (tertiary/aromatic N) is 2. The van der Waals surface area contributed by atoms with Gasteiger partial charge in [0.2, 0.25) is 0 Å². The monoisotopic (exact) mass is 227 g/mol. The third kappa shape index (κ3) is 5.33. The molecular formula is C10H17N3O3. The van der Waals surface area contributed by atoms with Crippen LogP contribution in [0.15, 0.2) is 10.2 Å². The maximum absolute atomic E-state index is 11.3. The zero-order valence-electron chi connectivity index (χ0n) is 9.77. The van der Waals surface area contributed by atoms with Crippen molar-refractivity contribution in [1.82, 2.24) is 0 Å². The van der Waals surface area contributed by atoms with Crippen molar-refractivity contribution in [2.45, 2.75) is 38.8 Å². The molecule has 1 unspecified atom stereocenters. The molecule has 1 aliphatic heterocycles. The summed E-state index contributed by atoms with van der Waals surface area (Å²) in [5.74, 6) is -0.271. The van der Waals surface area contributed by atoms with Crippen LogP contribution < -0.4 is 0 Å². The fraction of sp³-hybridized carbons (Fsp3) is 0.700. The topological polar surface area (TPSA) is 91.9 Å². The molecule has 0 aromatic rings. The van der Waals surface area contributed by atoms with E-state index in [2.05, 4.69) is 10.2 Å². The Balaban J connectivity index is 0.000000673. The second-order valence-corrected chi connectivity index (χ2v) is 3.49. The van der Waals surface area contributed by atoms with Crippen LogP contribution in [0, 0.1) is 10.3 Å². The Morgan fingerprint density at radius 1 is 1.69 bits per heavy atom. The molecule has 0 spiro atoms. The Labute approximate surface area is 94.6 Å². The van der Waals surface area contributed by atoms with E-state index < -0.39 is 0 Å². The van der Waals surface area contributed by atoms with Gasteiger partial charge in [-0.05, 0) is 26.7 Å². The first-order valence-electron chi connectivity index (χ1n) is 5.04. The predicted octanol–water partition coefficient (Wildman–Crippen LogP) is 1.57. The smallest absolute Gasteiger partial charge is 0.331 e. The molecular weight excluding hydrogens is 210 g/mol. The molecule has 6 heteroatoms. The van der Waals surface area contributed by atoms with Crippen LogP contribution in [-0.4, -0.2) is 37.1 Å². The van der Waals surface area contributed by atoms with E-state index in [4.69, 9.17) is 15.1 Å². The van der Waals surface area contributed by atoms with Gasteiger partial charge in [0.15, 0.2) is 0 Å². The molecule has 0 amide bonds. The zero-order chi connectivity index (χ0) is 12.6. The van der Waals surface area contributed by atoms with Crippen molar-refractivity contribution in [2.75, 3.05) is 7.05 Å². The number of rotatable bonds is 3. The molecule has 0 saturated heterocycles. The SMILES string of the molecule is CC(C)OC(=O)C1CCC(C=N)=N1.CN=O. The Morgan fingerprint density at radius 3 is 2.62 bits per heavy atom. The van der Waals surface area contributed by atoms with Crippen LogP contribution in [0.1, 0.15) is 26.7 Å². The van der Waals surface area contributed by atoms with E-state index >= 15 is 0 Å². The lowest BCUT2D eigenvalue weighted by molar-refractivity contribution is -0.148. The molecule has 1 N–H and O–H groups in total. The van der Waals surface area contributed by atoms with E-state index in [1.807, 2.05) is 13.8 Å². The number of ether oxygens (including phenoxy) is 1. The molecule has 0 aromatic carbocycles. The Kier molecular flexibility index (Phi) is 6.91. The van der Waals surface area contributed by atoms with E-state index in [0.29, 0.717) is 18.6 Å². The second kappa shape index (κ2) is 7.67. The molecule has 1 heterocycles. The van der Waals surface area contributed by atoms with Crippen molar-refractivity contribution in [3.8, 4) is 0 Å². The molecule has 1 rings (SSSR count). The highest BCUT2D eigenvalue weighted by Gasteiger charge is 2.25. The minimum Gasteiger partial charge on any atom is -0.461 e.